The molecule has 1 heterocycles. The lowest BCUT2D eigenvalue weighted by Crippen LogP contribution is -2.42. The van der Waals surface area contributed by atoms with Crippen molar-refractivity contribution < 1.29 is 13.2 Å². The molecular weight excluding hydrogens is 428 g/mol. The molecule has 0 bridgehead atoms. The number of hydrogen-bond acceptors (Lipinski definition) is 4. The van der Waals surface area contributed by atoms with Crippen molar-refractivity contribution in [2.45, 2.75) is 29.2 Å². The van der Waals surface area contributed by atoms with E-state index in [4.69, 9.17) is 0 Å². The molecule has 0 aliphatic carbocycles. The van der Waals surface area contributed by atoms with Crippen molar-refractivity contribution in [3.63, 3.8) is 0 Å². The number of nitrogens with one attached hydrogen (secondary N) is 1. The van der Waals surface area contributed by atoms with Crippen LogP contribution in [-0.4, -0.2) is 38.0 Å². The standard InChI is InChI=1S/C24H26N2O3S2/c1-30-21-9-11-22(12-10-21)31(28,29)26-15-13-19(14-16-26)24(27)25-17-20-7-4-6-18-5-2-3-8-23(18)20/h2-12,19H,13-17H2,1H3,(H,25,27). The van der Waals surface area contributed by atoms with Gasteiger partial charge in [-0.2, -0.15) is 4.31 Å². The molecule has 0 radical (unpaired) electrons. The Balaban J connectivity index is 1.35. The lowest BCUT2D eigenvalue weighted by atomic mass is 9.97. The van der Waals surface area contributed by atoms with Crippen LogP contribution >= 0.6 is 11.8 Å². The fraction of sp³-hybridized carbons (Fsp3) is 0.292. The van der Waals surface area contributed by atoms with Gasteiger partial charge in [0.05, 0.1) is 4.90 Å². The molecule has 31 heavy (non-hydrogen) atoms. The monoisotopic (exact) mass is 454 g/mol. The molecule has 0 saturated carbocycles. The lowest BCUT2D eigenvalue weighted by molar-refractivity contribution is -0.126. The molecule has 5 nitrogen and oxygen atoms in total. The number of sulfonamides is 1. The Morgan fingerprint density at radius 2 is 1.68 bits per heavy atom. The van der Waals surface area contributed by atoms with Crippen LogP contribution in [0.4, 0.5) is 0 Å². The van der Waals surface area contributed by atoms with E-state index in [2.05, 4.69) is 23.5 Å². The number of piperidine rings is 1. The van der Waals surface area contributed by atoms with Crippen molar-refractivity contribution in [1.29, 1.82) is 0 Å². The molecule has 1 N–H and O–H groups in total. The predicted octanol–water partition coefficient (Wildman–Crippen LogP) is 4.28. The SMILES string of the molecule is CSc1ccc(S(=O)(=O)N2CCC(C(=O)NCc3cccc4ccccc34)CC2)cc1. The van der Waals surface area contributed by atoms with E-state index in [9.17, 15) is 13.2 Å². The summed E-state index contributed by atoms with van der Waals surface area (Å²) in [5.41, 5.74) is 1.08. The largest absolute Gasteiger partial charge is 0.352 e. The smallest absolute Gasteiger partial charge is 0.243 e. The zero-order valence-corrected chi connectivity index (χ0v) is 19.1. The maximum atomic E-state index is 12.9. The summed E-state index contributed by atoms with van der Waals surface area (Å²) in [6.07, 6.45) is 3.02. The molecule has 1 amide bonds. The minimum absolute atomic E-state index is 0.00527. The van der Waals surface area contributed by atoms with Gasteiger partial charge in [-0.25, -0.2) is 8.42 Å². The topological polar surface area (TPSA) is 66.5 Å². The molecule has 0 spiro atoms. The summed E-state index contributed by atoms with van der Waals surface area (Å²) in [5, 5.41) is 5.34. The molecule has 4 rings (SSSR count). The summed E-state index contributed by atoms with van der Waals surface area (Å²) in [7, 11) is -3.52. The third-order valence-electron chi connectivity index (χ3n) is 5.85. The summed E-state index contributed by atoms with van der Waals surface area (Å²) in [6.45, 7) is 1.19. The lowest BCUT2D eigenvalue weighted by Gasteiger charge is -2.30. The van der Waals surface area contributed by atoms with Crippen molar-refractivity contribution in [3.8, 4) is 0 Å². The van der Waals surface area contributed by atoms with E-state index in [1.807, 2.05) is 42.7 Å². The number of carbonyl (C=O) groups is 1. The van der Waals surface area contributed by atoms with Gasteiger partial charge in [-0.05, 0) is 59.7 Å². The van der Waals surface area contributed by atoms with Crippen LogP contribution in [0.15, 0.2) is 76.5 Å². The molecule has 3 aromatic rings. The fourth-order valence-corrected chi connectivity index (χ4v) is 5.91. The van der Waals surface area contributed by atoms with E-state index in [0.29, 0.717) is 37.4 Å². The van der Waals surface area contributed by atoms with E-state index >= 15 is 0 Å². The number of rotatable bonds is 6. The third kappa shape index (κ3) is 4.79. The second-order valence-corrected chi connectivity index (χ2v) is 10.5. The van der Waals surface area contributed by atoms with Crippen LogP contribution in [0.25, 0.3) is 10.8 Å². The average Bonchev–Trinajstić information content (AvgIpc) is 2.82. The molecule has 1 fully saturated rings. The summed E-state index contributed by atoms with van der Waals surface area (Å²) >= 11 is 1.58. The van der Waals surface area contributed by atoms with Crippen LogP contribution < -0.4 is 5.32 Å². The summed E-state index contributed by atoms with van der Waals surface area (Å²) < 4.78 is 27.3. The Morgan fingerprint density at radius 3 is 2.39 bits per heavy atom. The van der Waals surface area contributed by atoms with Crippen LogP contribution in [0, 0.1) is 5.92 Å². The van der Waals surface area contributed by atoms with Crippen LogP contribution in [0.3, 0.4) is 0 Å². The van der Waals surface area contributed by atoms with Crippen molar-refractivity contribution in [1.82, 2.24) is 9.62 Å². The van der Waals surface area contributed by atoms with E-state index in [-0.39, 0.29) is 11.8 Å². The van der Waals surface area contributed by atoms with Crippen molar-refractivity contribution in [3.05, 3.63) is 72.3 Å². The van der Waals surface area contributed by atoms with Gasteiger partial charge in [0, 0.05) is 30.4 Å². The highest BCUT2D eigenvalue weighted by molar-refractivity contribution is 7.98. The van der Waals surface area contributed by atoms with Gasteiger partial charge >= 0.3 is 0 Å². The Bertz CT molecular complexity index is 1160. The molecule has 1 saturated heterocycles. The van der Waals surface area contributed by atoms with Gasteiger partial charge < -0.3 is 5.32 Å². The average molecular weight is 455 g/mol. The molecule has 1 aliphatic rings. The van der Waals surface area contributed by atoms with Gasteiger partial charge in [0.15, 0.2) is 0 Å². The van der Waals surface area contributed by atoms with Crippen LogP contribution in [0.2, 0.25) is 0 Å². The Labute approximate surface area is 187 Å². The van der Waals surface area contributed by atoms with E-state index in [1.165, 1.54) is 4.31 Å². The highest BCUT2D eigenvalue weighted by atomic mass is 32.2. The first-order valence-electron chi connectivity index (χ1n) is 10.4. The molecular formula is C24H26N2O3S2. The zero-order valence-electron chi connectivity index (χ0n) is 17.5. The number of thioether (sulfide) groups is 1. The molecule has 7 heteroatoms. The first-order valence-corrected chi connectivity index (χ1v) is 13.0. The predicted molar refractivity (Wildman–Crippen MR) is 126 cm³/mol. The minimum atomic E-state index is -3.52. The Hall–Kier alpha value is -2.35. The molecule has 1 aliphatic heterocycles. The quantitative estimate of drug-likeness (QED) is 0.565. The fourth-order valence-electron chi connectivity index (χ4n) is 4.03. The number of nitrogens with zero attached hydrogens (tertiary/aromatic N) is 1. The number of carbonyl (C=O) groups excluding carboxylic acids is 1. The minimum Gasteiger partial charge on any atom is -0.352 e. The van der Waals surface area contributed by atoms with Gasteiger partial charge in [0.2, 0.25) is 15.9 Å². The second-order valence-electron chi connectivity index (χ2n) is 7.71. The van der Waals surface area contributed by atoms with E-state index < -0.39 is 10.0 Å². The molecule has 0 unspecified atom stereocenters. The summed E-state index contributed by atoms with van der Waals surface area (Å²) in [6, 6.07) is 21.2. The van der Waals surface area contributed by atoms with Crippen molar-refractivity contribution in [2.75, 3.05) is 19.3 Å². The van der Waals surface area contributed by atoms with Crippen molar-refractivity contribution in [2.24, 2.45) is 5.92 Å². The molecule has 0 atom stereocenters. The van der Waals surface area contributed by atoms with E-state index in [1.54, 1.807) is 23.9 Å². The van der Waals surface area contributed by atoms with Gasteiger partial charge in [-0.15, -0.1) is 11.8 Å². The first kappa shape index (κ1) is 21.9. The number of amides is 1. The highest BCUT2D eigenvalue weighted by Gasteiger charge is 2.32. The molecule has 3 aromatic carbocycles. The summed E-state index contributed by atoms with van der Waals surface area (Å²) in [5.74, 6) is -0.172. The number of benzene rings is 3. The van der Waals surface area contributed by atoms with E-state index in [0.717, 1.165) is 21.2 Å². The Kier molecular flexibility index (Phi) is 6.65. The zero-order chi connectivity index (χ0) is 21.8. The highest BCUT2D eigenvalue weighted by Crippen LogP contribution is 2.26. The normalized spacial score (nSPS) is 15.8. The molecule has 162 valence electrons. The maximum Gasteiger partial charge on any atom is 0.243 e. The second kappa shape index (κ2) is 9.42. The number of hydrogen-bond donors (Lipinski definition) is 1. The van der Waals surface area contributed by atoms with Crippen LogP contribution in [0.1, 0.15) is 18.4 Å². The van der Waals surface area contributed by atoms with Gasteiger partial charge in [-0.1, -0.05) is 42.5 Å². The number of fused-ring (bicyclic) bond motifs is 1. The maximum absolute atomic E-state index is 12.9. The first-order chi connectivity index (χ1) is 15.0. The molecule has 0 aromatic heterocycles. The Morgan fingerprint density at radius 1 is 1.00 bits per heavy atom. The van der Waals surface area contributed by atoms with Crippen LogP contribution in [0.5, 0.6) is 0 Å². The third-order valence-corrected chi connectivity index (χ3v) is 8.51. The van der Waals surface area contributed by atoms with Gasteiger partial charge in [0.25, 0.3) is 0 Å². The van der Waals surface area contributed by atoms with Crippen molar-refractivity contribution >= 4 is 38.5 Å². The van der Waals surface area contributed by atoms with Gasteiger partial charge in [0.1, 0.15) is 0 Å². The van der Waals surface area contributed by atoms with Crippen LogP contribution in [-0.2, 0) is 21.4 Å². The summed E-state index contributed by atoms with van der Waals surface area (Å²) in [4.78, 5) is 14.1. The van der Waals surface area contributed by atoms with Gasteiger partial charge in [-0.3, -0.25) is 4.79 Å².